The molecule has 0 aliphatic carbocycles. The van der Waals surface area contributed by atoms with E-state index >= 15 is 0 Å². The van der Waals surface area contributed by atoms with Crippen LogP contribution < -0.4 is 4.90 Å². The van der Waals surface area contributed by atoms with Gasteiger partial charge in [0.1, 0.15) is 0 Å². The van der Waals surface area contributed by atoms with Gasteiger partial charge < -0.3 is 15.1 Å². The molecule has 0 heterocycles. The van der Waals surface area contributed by atoms with E-state index in [0.29, 0.717) is 19.0 Å². The van der Waals surface area contributed by atoms with Crippen LogP contribution in [0.1, 0.15) is 36.7 Å². The minimum Gasteiger partial charge on any atom is -0.481 e. The summed E-state index contributed by atoms with van der Waals surface area (Å²) in [6, 6.07) is 4.95. The Morgan fingerprint density at radius 2 is 1.76 bits per heavy atom. The van der Waals surface area contributed by atoms with Crippen LogP contribution in [0.15, 0.2) is 18.2 Å². The Bertz CT molecular complexity index is 525. The van der Waals surface area contributed by atoms with Crippen LogP contribution >= 0.6 is 0 Å². The summed E-state index contributed by atoms with van der Waals surface area (Å²) in [4.78, 5) is 24.2. The molecule has 0 saturated carbocycles. The molecule has 0 aromatic heterocycles. The molecule has 0 aliphatic rings. The number of carbonyl (C=O) groups is 2. The lowest BCUT2D eigenvalue weighted by Crippen LogP contribution is -2.35. The molecule has 1 aromatic carbocycles. The predicted molar refractivity (Wildman–Crippen MR) is 82.0 cm³/mol. The Labute approximate surface area is 125 Å². The largest absolute Gasteiger partial charge is 0.481 e. The van der Waals surface area contributed by atoms with Gasteiger partial charge in [0.05, 0.1) is 11.5 Å². The molecule has 0 saturated heterocycles. The molecule has 1 aromatic rings. The van der Waals surface area contributed by atoms with E-state index < -0.39 is 17.9 Å². The Balaban J connectivity index is 3.15. The standard InChI is InChI=1S/C16H23NO4/c1-10(2)8-17(9-12(4)15(18)19)14-7-13(16(20)21)6-5-11(14)3/h5-7,10,12H,8-9H2,1-4H3,(H,18,19)(H,20,21). The summed E-state index contributed by atoms with van der Waals surface area (Å²) in [5, 5.41) is 18.2. The topological polar surface area (TPSA) is 77.8 Å². The summed E-state index contributed by atoms with van der Waals surface area (Å²) in [6.45, 7) is 8.70. The first-order valence-electron chi connectivity index (χ1n) is 7.04. The summed E-state index contributed by atoms with van der Waals surface area (Å²) in [5.41, 5.74) is 1.95. The summed E-state index contributed by atoms with van der Waals surface area (Å²) >= 11 is 0. The van der Waals surface area contributed by atoms with E-state index in [2.05, 4.69) is 13.8 Å². The number of carboxylic acids is 2. The molecule has 21 heavy (non-hydrogen) atoms. The Morgan fingerprint density at radius 1 is 1.14 bits per heavy atom. The zero-order chi connectivity index (χ0) is 16.2. The SMILES string of the molecule is Cc1ccc(C(=O)O)cc1N(CC(C)C)CC(C)C(=O)O. The fourth-order valence-electron chi connectivity index (χ4n) is 2.20. The van der Waals surface area contributed by atoms with Crippen LogP contribution in [0.25, 0.3) is 0 Å². The van der Waals surface area contributed by atoms with E-state index in [1.165, 1.54) is 0 Å². The lowest BCUT2D eigenvalue weighted by Gasteiger charge is -2.30. The maximum absolute atomic E-state index is 11.1. The molecular weight excluding hydrogens is 270 g/mol. The number of hydrogen-bond donors (Lipinski definition) is 2. The average Bonchev–Trinajstić information content (AvgIpc) is 2.37. The zero-order valence-electron chi connectivity index (χ0n) is 13.0. The first-order valence-corrected chi connectivity index (χ1v) is 7.04. The lowest BCUT2D eigenvalue weighted by molar-refractivity contribution is -0.140. The van der Waals surface area contributed by atoms with Crippen molar-refractivity contribution in [3.63, 3.8) is 0 Å². The van der Waals surface area contributed by atoms with E-state index in [1.54, 1.807) is 25.1 Å². The van der Waals surface area contributed by atoms with Gasteiger partial charge in [-0.15, -0.1) is 0 Å². The Hall–Kier alpha value is -2.04. The number of carboxylic acid groups (broad SMARTS) is 2. The molecule has 0 bridgehead atoms. The third kappa shape index (κ3) is 4.77. The highest BCUT2D eigenvalue weighted by atomic mass is 16.4. The summed E-state index contributed by atoms with van der Waals surface area (Å²) in [7, 11) is 0. The minimum atomic E-state index is -0.980. The Kier molecular flexibility index (Phi) is 5.76. The zero-order valence-corrected chi connectivity index (χ0v) is 13.0. The number of hydrogen-bond acceptors (Lipinski definition) is 3. The van der Waals surface area contributed by atoms with E-state index in [0.717, 1.165) is 11.3 Å². The smallest absolute Gasteiger partial charge is 0.335 e. The second-order valence-electron chi connectivity index (χ2n) is 5.84. The van der Waals surface area contributed by atoms with Gasteiger partial charge in [-0.2, -0.15) is 0 Å². The van der Waals surface area contributed by atoms with Gasteiger partial charge in [0.15, 0.2) is 0 Å². The molecule has 1 unspecified atom stereocenters. The number of aliphatic carboxylic acids is 1. The van der Waals surface area contributed by atoms with Gasteiger partial charge in [0.2, 0.25) is 0 Å². The summed E-state index contributed by atoms with van der Waals surface area (Å²) in [5.74, 6) is -2.00. The van der Waals surface area contributed by atoms with Crippen molar-refractivity contribution in [2.45, 2.75) is 27.7 Å². The Morgan fingerprint density at radius 3 is 2.24 bits per heavy atom. The van der Waals surface area contributed by atoms with Gasteiger partial charge >= 0.3 is 11.9 Å². The first kappa shape index (κ1) is 17.0. The van der Waals surface area contributed by atoms with Gasteiger partial charge in [-0.3, -0.25) is 4.79 Å². The number of nitrogens with zero attached hydrogens (tertiary/aromatic N) is 1. The maximum atomic E-state index is 11.1. The number of anilines is 1. The van der Waals surface area contributed by atoms with Crippen LogP contribution in [-0.2, 0) is 4.79 Å². The van der Waals surface area contributed by atoms with Gasteiger partial charge in [-0.05, 0) is 30.5 Å². The van der Waals surface area contributed by atoms with Crippen molar-refractivity contribution in [2.24, 2.45) is 11.8 Å². The van der Waals surface area contributed by atoms with Crippen LogP contribution in [0, 0.1) is 18.8 Å². The van der Waals surface area contributed by atoms with Crippen molar-refractivity contribution in [1.29, 1.82) is 0 Å². The lowest BCUT2D eigenvalue weighted by atomic mass is 10.0. The average molecular weight is 293 g/mol. The molecule has 0 amide bonds. The highest BCUT2D eigenvalue weighted by Crippen LogP contribution is 2.24. The van der Waals surface area contributed by atoms with Crippen molar-refractivity contribution in [2.75, 3.05) is 18.0 Å². The summed E-state index contributed by atoms with van der Waals surface area (Å²) < 4.78 is 0. The number of aromatic carboxylic acids is 1. The van der Waals surface area contributed by atoms with E-state index in [9.17, 15) is 9.59 Å². The van der Waals surface area contributed by atoms with Crippen molar-refractivity contribution in [1.82, 2.24) is 0 Å². The molecule has 0 radical (unpaired) electrons. The molecule has 1 atom stereocenters. The van der Waals surface area contributed by atoms with Crippen LogP contribution in [0.4, 0.5) is 5.69 Å². The van der Waals surface area contributed by atoms with Gasteiger partial charge in [-0.25, -0.2) is 4.79 Å². The molecule has 2 N–H and O–H groups in total. The molecule has 5 nitrogen and oxygen atoms in total. The maximum Gasteiger partial charge on any atom is 0.335 e. The van der Waals surface area contributed by atoms with E-state index in [4.69, 9.17) is 10.2 Å². The molecule has 116 valence electrons. The fraction of sp³-hybridized carbons (Fsp3) is 0.500. The van der Waals surface area contributed by atoms with E-state index in [-0.39, 0.29) is 5.56 Å². The monoisotopic (exact) mass is 293 g/mol. The van der Waals surface area contributed by atoms with Gasteiger partial charge in [0.25, 0.3) is 0 Å². The third-order valence-corrected chi connectivity index (χ3v) is 3.30. The fourth-order valence-corrected chi connectivity index (χ4v) is 2.20. The molecule has 5 heteroatoms. The molecular formula is C16H23NO4. The molecule has 0 fully saturated rings. The van der Waals surface area contributed by atoms with Crippen LogP contribution in [0.5, 0.6) is 0 Å². The second-order valence-corrected chi connectivity index (χ2v) is 5.84. The quantitative estimate of drug-likeness (QED) is 0.808. The van der Waals surface area contributed by atoms with Crippen LogP contribution in [0.2, 0.25) is 0 Å². The summed E-state index contributed by atoms with van der Waals surface area (Å²) in [6.07, 6.45) is 0. The predicted octanol–water partition coefficient (Wildman–Crippen LogP) is 2.88. The first-order chi connectivity index (χ1) is 9.72. The third-order valence-electron chi connectivity index (χ3n) is 3.30. The molecule has 1 rings (SSSR count). The number of aryl methyl sites for hydroxylation is 1. The minimum absolute atomic E-state index is 0.215. The second kappa shape index (κ2) is 7.11. The normalized spacial score (nSPS) is 12.2. The van der Waals surface area contributed by atoms with E-state index in [1.807, 2.05) is 11.8 Å². The van der Waals surface area contributed by atoms with Crippen molar-refractivity contribution in [3.8, 4) is 0 Å². The molecule has 0 aliphatic heterocycles. The van der Waals surface area contributed by atoms with Crippen LogP contribution in [-0.4, -0.2) is 35.2 Å². The van der Waals surface area contributed by atoms with Gasteiger partial charge in [-0.1, -0.05) is 26.8 Å². The van der Waals surface area contributed by atoms with Crippen molar-refractivity contribution in [3.05, 3.63) is 29.3 Å². The van der Waals surface area contributed by atoms with Gasteiger partial charge in [0, 0.05) is 18.8 Å². The highest BCUT2D eigenvalue weighted by molar-refractivity contribution is 5.89. The number of benzene rings is 1. The van der Waals surface area contributed by atoms with Crippen molar-refractivity contribution < 1.29 is 19.8 Å². The van der Waals surface area contributed by atoms with Crippen LogP contribution in [0.3, 0.4) is 0 Å². The highest BCUT2D eigenvalue weighted by Gasteiger charge is 2.19. The molecule has 0 spiro atoms. The van der Waals surface area contributed by atoms with Crippen molar-refractivity contribution >= 4 is 17.6 Å². The number of rotatable bonds is 7.